The van der Waals surface area contributed by atoms with Gasteiger partial charge in [0, 0.05) is 0 Å². The summed E-state index contributed by atoms with van der Waals surface area (Å²) >= 11 is 3.14. The van der Waals surface area contributed by atoms with E-state index in [0.29, 0.717) is 4.67 Å². The molecule has 0 unspecified atom stereocenters. The van der Waals surface area contributed by atoms with Crippen LogP contribution >= 0.6 is 15.9 Å². The Kier molecular flexibility index (Phi) is 4.46. The number of hydrogen-bond acceptors (Lipinski definition) is 6. The number of halogens is 1. The van der Waals surface area contributed by atoms with Gasteiger partial charge in [0.25, 0.3) is 5.89 Å². The molecule has 0 aliphatic heterocycles. The Bertz CT molecular complexity index is 1010. The maximum absolute atomic E-state index is 12.3. The molecule has 3 rings (SSSR count). The van der Waals surface area contributed by atoms with Crippen LogP contribution in [0.1, 0.15) is 5.56 Å². The fourth-order valence-electron chi connectivity index (χ4n) is 2.05. The standard InChI is InChI=1S/C15H13BrN2O5S/c1-10-2-4-11(5-3-10)24(20,21)9-8-18-15(19)23-14(17-18)12-6-7-13(16)22-12/h2-7H,8-9H2,1H3. The monoisotopic (exact) mass is 412 g/mol. The molecule has 7 nitrogen and oxygen atoms in total. The van der Waals surface area contributed by atoms with Crippen LogP contribution in [0, 0.1) is 6.92 Å². The Labute approximate surface area is 146 Å². The van der Waals surface area contributed by atoms with E-state index in [1.165, 1.54) is 0 Å². The topological polar surface area (TPSA) is 95.3 Å². The molecule has 0 fully saturated rings. The minimum absolute atomic E-state index is 0.00145. The van der Waals surface area contributed by atoms with E-state index in [1.54, 1.807) is 36.4 Å². The zero-order valence-electron chi connectivity index (χ0n) is 12.6. The SMILES string of the molecule is Cc1ccc(S(=O)(=O)CCn2nc(-c3ccc(Br)o3)oc2=O)cc1. The third kappa shape index (κ3) is 3.51. The van der Waals surface area contributed by atoms with Gasteiger partial charge in [0.2, 0.25) is 0 Å². The summed E-state index contributed by atoms with van der Waals surface area (Å²) < 4.78 is 36.3. The molecule has 0 radical (unpaired) electrons. The van der Waals surface area contributed by atoms with E-state index in [0.717, 1.165) is 10.2 Å². The van der Waals surface area contributed by atoms with Crippen LogP contribution in [0.4, 0.5) is 0 Å². The molecule has 0 atom stereocenters. The highest BCUT2D eigenvalue weighted by Crippen LogP contribution is 2.22. The number of aryl methyl sites for hydroxylation is 2. The van der Waals surface area contributed by atoms with E-state index in [-0.39, 0.29) is 28.8 Å². The predicted octanol–water partition coefficient (Wildman–Crippen LogP) is 2.64. The van der Waals surface area contributed by atoms with Gasteiger partial charge in [0.15, 0.2) is 20.3 Å². The Balaban J connectivity index is 1.78. The number of nitrogens with zero attached hydrogens (tertiary/aromatic N) is 2. The van der Waals surface area contributed by atoms with E-state index in [1.807, 2.05) is 6.92 Å². The average molecular weight is 413 g/mol. The fraction of sp³-hybridized carbons (Fsp3) is 0.200. The third-order valence-electron chi connectivity index (χ3n) is 3.34. The second-order valence-electron chi connectivity index (χ2n) is 5.13. The molecule has 3 aromatic rings. The highest BCUT2D eigenvalue weighted by molar-refractivity contribution is 9.10. The van der Waals surface area contributed by atoms with E-state index in [4.69, 9.17) is 8.83 Å². The molecular weight excluding hydrogens is 400 g/mol. The van der Waals surface area contributed by atoms with Crippen molar-refractivity contribution in [3.05, 3.63) is 57.2 Å². The van der Waals surface area contributed by atoms with E-state index in [2.05, 4.69) is 21.0 Å². The minimum Gasteiger partial charge on any atom is -0.444 e. The van der Waals surface area contributed by atoms with Crippen LogP contribution in [0.5, 0.6) is 0 Å². The number of benzene rings is 1. The van der Waals surface area contributed by atoms with E-state index >= 15 is 0 Å². The summed E-state index contributed by atoms with van der Waals surface area (Å²) in [4.78, 5) is 12.0. The first-order chi connectivity index (χ1) is 11.3. The van der Waals surface area contributed by atoms with E-state index < -0.39 is 15.6 Å². The molecule has 1 aromatic carbocycles. The van der Waals surface area contributed by atoms with Gasteiger partial charge in [-0.15, -0.1) is 5.10 Å². The fourth-order valence-corrected chi connectivity index (χ4v) is 3.55. The van der Waals surface area contributed by atoms with Crippen molar-refractivity contribution in [1.82, 2.24) is 9.78 Å². The number of rotatable bonds is 5. The van der Waals surface area contributed by atoms with Gasteiger partial charge in [0.05, 0.1) is 17.2 Å². The molecule has 0 saturated heterocycles. The highest BCUT2D eigenvalue weighted by Gasteiger charge is 2.18. The molecule has 2 aromatic heterocycles. The number of hydrogen-bond donors (Lipinski definition) is 0. The summed E-state index contributed by atoms with van der Waals surface area (Å²) in [7, 11) is -3.52. The Morgan fingerprint density at radius 1 is 1.12 bits per heavy atom. The third-order valence-corrected chi connectivity index (χ3v) is 5.48. The second-order valence-corrected chi connectivity index (χ2v) is 8.02. The van der Waals surface area contributed by atoms with Gasteiger partial charge in [-0.2, -0.15) is 4.68 Å². The normalized spacial score (nSPS) is 11.8. The Morgan fingerprint density at radius 2 is 1.83 bits per heavy atom. The molecular formula is C15H13BrN2O5S. The molecule has 0 bridgehead atoms. The van der Waals surface area contributed by atoms with Crippen LogP contribution in [0.2, 0.25) is 0 Å². The molecule has 0 aliphatic rings. The van der Waals surface area contributed by atoms with Gasteiger partial charge >= 0.3 is 5.76 Å². The van der Waals surface area contributed by atoms with Crippen molar-refractivity contribution in [2.75, 3.05) is 5.75 Å². The van der Waals surface area contributed by atoms with Crippen LogP contribution in [-0.4, -0.2) is 24.0 Å². The smallest absolute Gasteiger partial charge is 0.437 e. The number of aromatic nitrogens is 2. The molecule has 0 N–H and O–H groups in total. The van der Waals surface area contributed by atoms with Gasteiger partial charge in [0.1, 0.15) is 0 Å². The van der Waals surface area contributed by atoms with Crippen LogP contribution in [-0.2, 0) is 16.4 Å². The lowest BCUT2D eigenvalue weighted by Crippen LogP contribution is -2.21. The van der Waals surface area contributed by atoms with Gasteiger partial charge in [-0.05, 0) is 47.1 Å². The van der Waals surface area contributed by atoms with Crippen molar-refractivity contribution in [3.8, 4) is 11.7 Å². The summed E-state index contributed by atoms with van der Waals surface area (Å²) in [6.45, 7) is 1.76. The summed E-state index contributed by atoms with van der Waals surface area (Å²) in [5, 5.41) is 3.96. The van der Waals surface area contributed by atoms with Gasteiger partial charge in [-0.3, -0.25) is 0 Å². The summed E-state index contributed by atoms with van der Waals surface area (Å²) in [5.41, 5.74) is 0.968. The highest BCUT2D eigenvalue weighted by atomic mass is 79.9. The molecule has 2 heterocycles. The molecule has 0 aliphatic carbocycles. The molecule has 9 heteroatoms. The van der Waals surface area contributed by atoms with Crippen LogP contribution in [0.15, 0.2) is 59.6 Å². The first-order valence-corrected chi connectivity index (χ1v) is 9.43. The van der Waals surface area contributed by atoms with Crippen molar-refractivity contribution < 1.29 is 17.3 Å². The lowest BCUT2D eigenvalue weighted by Gasteiger charge is -2.04. The largest absolute Gasteiger partial charge is 0.444 e. The summed E-state index contributed by atoms with van der Waals surface area (Å²) in [6.07, 6.45) is 0. The lowest BCUT2D eigenvalue weighted by molar-refractivity contribution is 0.469. The molecule has 0 amide bonds. The predicted molar refractivity (Wildman–Crippen MR) is 89.4 cm³/mol. The van der Waals surface area contributed by atoms with Gasteiger partial charge in [-0.1, -0.05) is 17.7 Å². The van der Waals surface area contributed by atoms with Crippen LogP contribution in [0.3, 0.4) is 0 Å². The van der Waals surface area contributed by atoms with Crippen molar-refractivity contribution in [3.63, 3.8) is 0 Å². The van der Waals surface area contributed by atoms with Crippen molar-refractivity contribution in [1.29, 1.82) is 0 Å². The van der Waals surface area contributed by atoms with E-state index in [9.17, 15) is 13.2 Å². The lowest BCUT2D eigenvalue weighted by atomic mass is 10.2. The molecule has 0 saturated carbocycles. The summed E-state index contributed by atoms with van der Waals surface area (Å²) in [6, 6.07) is 9.76. The minimum atomic E-state index is -3.52. The Morgan fingerprint density at radius 3 is 2.46 bits per heavy atom. The first kappa shape index (κ1) is 16.7. The zero-order valence-corrected chi connectivity index (χ0v) is 15.0. The summed E-state index contributed by atoms with van der Waals surface area (Å²) in [5.74, 6) is -0.724. The van der Waals surface area contributed by atoms with Crippen LogP contribution < -0.4 is 5.76 Å². The second kappa shape index (κ2) is 6.40. The zero-order chi connectivity index (χ0) is 17.3. The Hall–Kier alpha value is -2.13. The van der Waals surface area contributed by atoms with Crippen molar-refractivity contribution in [2.45, 2.75) is 18.4 Å². The maximum atomic E-state index is 12.3. The van der Waals surface area contributed by atoms with Crippen molar-refractivity contribution in [2.24, 2.45) is 0 Å². The molecule has 24 heavy (non-hydrogen) atoms. The quantitative estimate of drug-likeness (QED) is 0.638. The molecule has 126 valence electrons. The van der Waals surface area contributed by atoms with Gasteiger partial charge in [-0.25, -0.2) is 13.2 Å². The average Bonchev–Trinajstić information content (AvgIpc) is 3.12. The number of furan rings is 1. The number of sulfone groups is 1. The first-order valence-electron chi connectivity index (χ1n) is 6.98. The van der Waals surface area contributed by atoms with Gasteiger partial charge < -0.3 is 8.83 Å². The maximum Gasteiger partial charge on any atom is 0.437 e. The van der Waals surface area contributed by atoms with Crippen molar-refractivity contribution >= 4 is 25.8 Å². The molecule has 0 spiro atoms. The van der Waals surface area contributed by atoms with Crippen LogP contribution in [0.25, 0.3) is 11.7 Å².